The second-order valence-electron chi connectivity index (χ2n) is 7.38. The van der Waals surface area contributed by atoms with Gasteiger partial charge in [0.1, 0.15) is 11.8 Å². The predicted octanol–water partition coefficient (Wildman–Crippen LogP) is 5.47. The highest BCUT2D eigenvalue weighted by molar-refractivity contribution is 7.99. The molecule has 0 bridgehead atoms. The van der Waals surface area contributed by atoms with E-state index in [1.807, 2.05) is 23.6 Å². The maximum atomic E-state index is 13.8. The Morgan fingerprint density at radius 1 is 1.26 bits per heavy atom. The molecule has 0 aliphatic carbocycles. The minimum Gasteiger partial charge on any atom is -0.478 e. The van der Waals surface area contributed by atoms with E-state index in [0.717, 1.165) is 22.4 Å². The molecule has 0 fully saturated rings. The summed E-state index contributed by atoms with van der Waals surface area (Å²) in [5.41, 5.74) is 0.842. The monoisotopic (exact) mass is 498 g/mol. The van der Waals surface area contributed by atoms with Crippen LogP contribution in [0.5, 0.6) is 5.75 Å². The van der Waals surface area contributed by atoms with Crippen molar-refractivity contribution in [3.63, 3.8) is 0 Å². The second kappa shape index (κ2) is 9.82. The number of hydrogen-bond acceptors (Lipinski definition) is 9. The molecule has 8 nitrogen and oxygen atoms in total. The van der Waals surface area contributed by atoms with Gasteiger partial charge in [-0.05, 0) is 42.6 Å². The van der Waals surface area contributed by atoms with Gasteiger partial charge < -0.3 is 13.6 Å². The lowest BCUT2D eigenvalue weighted by atomic mass is 10.1. The molecule has 0 saturated heterocycles. The van der Waals surface area contributed by atoms with Gasteiger partial charge >= 0.3 is 0 Å². The molecule has 11 heteroatoms. The molecule has 1 amide bonds. The molecule has 1 aromatic carbocycles. The molecule has 0 saturated carbocycles. The van der Waals surface area contributed by atoms with Gasteiger partial charge in [-0.1, -0.05) is 30.0 Å². The Bertz CT molecular complexity index is 1290. The first-order chi connectivity index (χ1) is 16.6. The minimum atomic E-state index is -0.658. The average molecular weight is 499 g/mol. The van der Waals surface area contributed by atoms with E-state index in [0.29, 0.717) is 12.2 Å². The fourth-order valence-corrected chi connectivity index (χ4v) is 4.79. The molecular weight excluding hydrogens is 479 g/mol. The molecule has 4 heterocycles. The van der Waals surface area contributed by atoms with Crippen molar-refractivity contribution in [1.29, 1.82) is 0 Å². The highest BCUT2D eigenvalue weighted by atomic mass is 32.2. The number of carbonyl (C=O) groups excluding carboxylic acids is 1. The van der Waals surface area contributed by atoms with Crippen molar-refractivity contribution in [1.82, 2.24) is 15.2 Å². The maximum absolute atomic E-state index is 13.8. The van der Waals surface area contributed by atoms with Gasteiger partial charge in [-0.2, -0.15) is 5.10 Å². The van der Waals surface area contributed by atoms with E-state index in [1.165, 1.54) is 17.1 Å². The molecular formula is C23H19FN4O4S2. The Hall–Kier alpha value is -3.44. The molecule has 3 aromatic heterocycles. The van der Waals surface area contributed by atoms with Crippen LogP contribution in [0.2, 0.25) is 0 Å². The highest BCUT2D eigenvalue weighted by Gasteiger charge is 2.35. The van der Waals surface area contributed by atoms with Crippen LogP contribution < -0.4 is 4.74 Å². The fraction of sp³-hybridized carbons (Fsp3) is 0.217. The number of halogens is 1. The maximum Gasteiger partial charge on any atom is 0.277 e. The number of benzene rings is 1. The van der Waals surface area contributed by atoms with Crippen molar-refractivity contribution in [3.05, 3.63) is 82.5 Å². The van der Waals surface area contributed by atoms with E-state index in [-0.39, 0.29) is 34.6 Å². The van der Waals surface area contributed by atoms with Gasteiger partial charge in [0.15, 0.2) is 17.7 Å². The van der Waals surface area contributed by atoms with Crippen LogP contribution in [-0.2, 0) is 4.79 Å². The number of hydrogen-bond donors (Lipinski definition) is 0. The Morgan fingerprint density at radius 2 is 2.15 bits per heavy atom. The molecule has 5 rings (SSSR count). The van der Waals surface area contributed by atoms with Crippen molar-refractivity contribution >= 4 is 34.7 Å². The normalized spacial score (nSPS) is 16.5. The number of hydrazone groups is 1. The van der Waals surface area contributed by atoms with E-state index in [9.17, 15) is 9.18 Å². The van der Waals surface area contributed by atoms with E-state index in [1.54, 1.807) is 42.7 Å². The highest BCUT2D eigenvalue weighted by Crippen LogP contribution is 2.35. The largest absolute Gasteiger partial charge is 0.478 e. The lowest BCUT2D eigenvalue weighted by molar-refractivity contribution is -0.130. The number of thioether (sulfide) groups is 1. The zero-order chi connectivity index (χ0) is 23.5. The molecule has 34 heavy (non-hydrogen) atoms. The second-order valence-corrected chi connectivity index (χ2v) is 9.26. The van der Waals surface area contributed by atoms with Gasteiger partial charge in [0, 0.05) is 6.42 Å². The van der Waals surface area contributed by atoms with Crippen LogP contribution in [0.15, 0.2) is 79.3 Å². The molecule has 174 valence electrons. The van der Waals surface area contributed by atoms with Crippen LogP contribution in [0.4, 0.5) is 4.39 Å². The standard InChI is InChI=1S/C23H19FN4O4S2/c1-14(31-18-7-3-2-6-15(18)24)22-25-26-23(32-22)34-13-21(29)28-17(19-8-4-10-30-19)12-16(27-28)20-9-5-11-33-20/h2-11,14,17H,12-13H2,1H3/t14-,17+/m1/s1. The summed E-state index contributed by atoms with van der Waals surface area (Å²) in [4.78, 5) is 14.1. The number of thiophene rings is 1. The number of para-hydroxylation sites is 1. The van der Waals surface area contributed by atoms with Crippen LogP contribution in [0.25, 0.3) is 0 Å². The lowest BCUT2D eigenvalue weighted by Gasteiger charge is -2.19. The average Bonchev–Trinajstić information content (AvgIpc) is 3.64. The first-order valence-electron chi connectivity index (χ1n) is 10.4. The van der Waals surface area contributed by atoms with Gasteiger partial charge in [-0.3, -0.25) is 4.79 Å². The van der Waals surface area contributed by atoms with Crippen LogP contribution in [0.1, 0.15) is 42.0 Å². The van der Waals surface area contributed by atoms with E-state index in [2.05, 4.69) is 15.3 Å². The summed E-state index contributed by atoms with van der Waals surface area (Å²) in [5.74, 6) is 0.304. The Balaban J connectivity index is 1.24. The quantitative estimate of drug-likeness (QED) is 0.297. The number of aromatic nitrogens is 2. The first kappa shape index (κ1) is 22.4. The number of rotatable bonds is 8. The van der Waals surface area contributed by atoms with Crippen LogP contribution >= 0.6 is 23.1 Å². The smallest absolute Gasteiger partial charge is 0.277 e. The number of ether oxygens (including phenoxy) is 1. The van der Waals surface area contributed by atoms with Gasteiger partial charge in [0.25, 0.3) is 17.0 Å². The van der Waals surface area contributed by atoms with Crippen molar-refractivity contribution in [2.45, 2.75) is 30.7 Å². The molecule has 0 spiro atoms. The summed E-state index contributed by atoms with van der Waals surface area (Å²) in [6, 6.07) is 13.3. The van der Waals surface area contributed by atoms with Crippen molar-refractivity contribution in [2.75, 3.05) is 5.75 Å². The van der Waals surface area contributed by atoms with Crippen molar-refractivity contribution < 1.29 is 22.8 Å². The summed E-state index contributed by atoms with van der Waals surface area (Å²) < 4.78 is 30.6. The SMILES string of the molecule is C[C@@H](Oc1ccccc1F)c1nnc(SCC(=O)N2N=C(c3cccs3)C[C@H]2c2ccco2)o1. The van der Waals surface area contributed by atoms with Crippen LogP contribution in [0.3, 0.4) is 0 Å². The van der Waals surface area contributed by atoms with E-state index >= 15 is 0 Å². The topological polar surface area (TPSA) is 94.0 Å². The number of nitrogens with zero attached hydrogens (tertiary/aromatic N) is 4. The van der Waals surface area contributed by atoms with Crippen molar-refractivity contribution in [3.8, 4) is 5.75 Å². The minimum absolute atomic E-state index is 0.0443. The van der Waals surface area contributed by atoms with Gasteiger partial charge in [-0.15, -0.1) is 21.5 Å². The molecule has 4 aromatic rings. The fourth-order valence-electron chi connectivity index (χ4n) is 3.45. The Labute approximate surface area is 202 Å². The third kappa shape index (κ3) is 4.75. The van der Waals surface area contributed by atoms with Crippen LogP contribution in [0, 0.1) is 5.82 Å². The zero-order valence-corrected chi connectivity index (χ0v) is 19.6. The first-order valence-corrected chi connectivity index (χ1v) is 12.3. The van der Waals surface area contributed by atoms with E-state index in [4.69, 9.17) is 13.6 Å². The zero-order valence-electron chi connectivity index (χ0n) is 18.0. The predicted molar refractivity (Wildman–Crippen MR) is 124 cm³/mol. The number of carbonyl (C=O) groups is 1. The molecule has 0 N–H and O–H groups in total. The molecule has 1 aliphatic heterocycles. The third-order valence-electron chi connectivity index (χ3n) is 5.07. The Morgan fingerprint density at radius 3 is 2.91 bits per heavy atom. The summed E-state index contributed by atoms with van der Waals surface area (Å²) in [6.45, 7) is 1.68. The van der Waals surface area contributed by atoms with Gasteiger partial charge in [-0.25, -0.2) is 9.40 Å². The molecule has 1 aliphatic rings. The molecule has 2 atom stereocenters. The lowest BCUT2D eigenvalue weighted by Crippen LogP contribution is -2.28. The summed E-state index contributed by atoms with van der Waals surface area (Å²) >= 11 is 2.68. The van der Waals surface area contributed by atoms with Gasteiger partial charge in [0.05, 0.1) is 22.6 Å². The summed E-state index contributed by atoms with van der Waals surface area (Å²) in [6.07, 6.45) is 1.50. The number of amides is 1. The summed E-state index contributed by atoms with van der Waals surface area (Å²) in [7, 11) is 0. The van der Waals surface area contributed by atoms with Gasteiger partial charge in [0.2, 0.25) is 0 Å². The molecule has 0 radical (unpaired) electrons. The van der Waals surface area contributed by atoms with E-state index < -0.39 is 11.9 Å². The third-order valence-corrected chi connectivity index (χ3v) is 6.79. The van der Waals surface area contributed by atoms with Crippen LogP contribution in [-0.4, -0.2) is 32.6 Å². The number of furan rings is 1. The Kier molecular flexibility index (Phi) is 6.45. The summed E-state index contributed by atoms with van der Waals surface area (Å²) in [5, 5.41) is 16.2. The molecule has 0 unspecified atom stereocenters. The van der Waals surface area contributed by atoms with Crippen molar-refractivity contribution in [2.24, 2.45) is 5.10 Å².